The number of rotatable bonds is 6. The molecule has 0 aliphatic carbocycles. The highest BCUT2D eigenvalue weighted by atomic mass is 32.1. The Kier molecular flexibility index (Phi) is 5.86. The van der Waals surface area contributed by atoms with Gasteiger partial charge in [0.2, 0.25) is 0 Å². The molecule has 0 spiro atoms. The Morgan fingerprint density at radius 1 is 1.32 bits per heavy atom. The molecule has 0 saturated carbocycles. The topological polar surface area (TPSA) is 53.6 Å². The maximum Gasteiger partial charge on any atom is 0.188 e. The fourth-order valence-corrected chi connectivity index (χ4v) is 3.66. The van der Waals surface area contributed by atoms with Crippen molar-refractivity contribution in [1.29, 1.82) is 0 Å². The molecule has 0 radical (unpaired) electrons. The third-order valence-corrected chi connectivity index (χ3v) is 5.27. The van der Waals surface area contributed by atoms with Crippen molar-refractivity contribution >= 4 is 23.0 Å². The van der Waals surface area contributed by atoms with Crippen molar-refractivity contribution in [2.75, 3.05) is 31.1 Å². The summed E-state index contributed by atoms with van der Waals surface area (Å²) in [5, 5.41) is 5.19. The molecule has 3 rings (SSSR count). The summed E-state index contributed by atoms with van der Waals surface area (Å²) in [6, 6.07) is 8.18. The second kappa shape index (κ2) is 8.29. The van der Waals surface area contributed by atoms with Gasteiger partial charge in [-0.15, -0.1) is 11.3 Å². The van der Waals surface area contributed by atoms with Gasteiger partial charge in [-0.3, -0.25) is 4.99 Å². The lowest BCUT2D eigenvalue weighted by atomic mass is 10.1. The van der Waals surface area contributed by atoms with Crippen molar-refractivity contribution in [2.24, 2.45) is 16.6 Å². The van der Waals surface area contributed by atoms with E-state index in [-0.39, 0.29) is 0 Å². The number of thiophene rings is 1. The first-order valence-corrected chi connectivity index (χ1v) is 9.26. The Labute approximate surface area is 150 Å². The zero-order chi connectivity index (χ0) is 17.6. The van der Waals surface area contributed by atoms with Crippen LogP contribution >= 0.6 is 11.3 Å². The van der Waals surface area contributed by atoms with Gasteiger partial charge in [-0.1, -0.05) is 6.07 Å². The van der Waals surface area contributed by atoms with E-state index < -0.39 is 11.6 Å². The van der Waals surface area contributed by atoms with Gasteiger partial charge in [0.05, 0.1) is 0 Å². The maximum absolute atomic E-state index is 13.4. The van der Waals surface area contributed by atoms with Crippen LogP contribution in [0.25, 0.3) is 0 Å². The lowest BCUT2D eigenvalue weighted by molar-refractivity contribution is 0.508. The molecule has 1 aliphatic rings. The van der Waals surface area contributed by atoms with E-state index in [2.05, 4.69) is 26.7 Å². The minimum Gasteiger partial charge on any atom is -0.371 e. The maximum atomic E-state index is 13.4. The molecule has 0 bridgehead atoms. The molecule has 2 heterocycles. The first-order valence-electron chi connectivity index (χ1n) is 8.38. The Bertz CT molecular complexity index is 718. The molecule has 0 amide bonds. The van der Waals surface area contributed by atoms with E-state index in [0.717, 1.165) is 32.5 Å². The van der Waals surface area contributed by atoms with Crippen LogP contribution in [0.5, 0.6) is 0 Å². The first-order chi connectivity index (χ1) is 12.1. The number of nitrogens with two attached hydrogens (primary N) is 1. The van der Waals surface area contributed by atoms with Crippen molar-refractivity contribution in [3.05, 3.63) is 52.2 Å². The second-order valence-electron chi connectivity index (χ2n) is 6.18. The SMILES string of the molecule is NC(=NCC1CCN(c2ccc(F)c(F)c2)C1)NCCc1cccs1. The third kappa shape index (κ3) is 4.92. The zero-order valence-corrected chi connectivity index (χ0v) is 14.7. The number of aliphatic imine (C=N–C) groups is 1. The number of benzene rings is 1. The quantitative estimate of drug-likeness (QED) is 0.612. The van der Waals surface area contributed by atoms with Gasteiger partial charge < -0.3 is 16.0 Å². The number of anilines is 1. The number of halogens is 2. The van der Waals surface area contributed by atoms with Gasteiger partial charge in [0.15, 0.2) is 17.6 Å². The summed E-state index contributed by atoms with van der Waals surface area (Å²) in [6.45, 7) is 2.99. The fraction of sp³-hybridized carbons (Fsp3) is 0.389. The normalized spacial score (nSPS) is 17.9. The van der Waals surface area contributed by atoms with Gasteiger partial charge in [0.25, 0.3) is 0 Å². The first kappa shape index (κ1) is 17.7. The number of guanidine groups is 1. The average Bonchev–Trinajstić information content (AvgIpc) is 3.27. The highest BCUT2D eigenvalue weighted by Crippen LogP contribution is 2.25. The van der Waals surface area contributed by atoms with Crippen molar-refractivity contribution in [3.8, 4) is 0 Å². The molecule has 3 N–H and O–H groups in total. The van der Waals surface area contributed by atoms with E-state index in [1.54, 1.807) is 17.4 Å². The van der Waals surface area contributed by atoms with Crippen molar-refractivity contribution in [2.45, 2.75) is 12.8 Å². The summed E-state index contributed by atoms with van der Waals surface area (Å²) in [4.78, 5) is 7.79. The molecule has 1 saturated heterocycles. The van der Waals surface area contributed by atoms with Crippen molar-refractivity contribution < 1.29 is 8.78 Å². The molecule has 25 heavy (non-hydrogen) atoms. The summed E-state index contributed by atoms with van der Waals surface area (Å²) in [7, 11) is 0. The number of hydrogen-bond donors (Lipinski definition) is 2. The molecule has 1 atom stereocenters. The van der Waals surface area contributed by atoms with Crippen LogP contribution in [0.3, 0.4) is 0 Å². The number of nitrogens with zero attached hydrogens (tertiary/aromatic N) is 2. The molecule has 1 unspecified atom stereocenters. The molecular weight excluding hydrogens is 342 g/mol. The van der Waals surface area contributed by atoms with Crippen LogP contribution in [0, 0.1) is 17.6 Å². The van der Waals surface area contributed by atoms with Crippen LogP contribution in [0.4, 0.5) is 14.5 Å². The monoisotopic (exact) mass is 364 g/mol. The molecular formula is C18H22F2N4S. The molecule has 134 valence electrons. The van der Waals surface area contributed by atoms with Crippen LogP contribution in [0.1, 0.15) is 11.3 Å². The summed E-state index contributed by atoms with van der Waals surface area (Å²) < 4.78 is 26.4. The summed E-state index contributed by atoms with van der Waals surface area (Å²) >= 11 is 1.73. The largest absolute Gasteiger partial charge is 0.371 e. The molecule has 1 aromatic heterocycles. The third-order valence-electron chi connectivity index (χ3n) is 4.33. The summed E-state index contributed by atoms with van der Waals surface area (Å²) in [6.07, 6.45) is 1.90. The number of hydrogen-bond acceptors (Lipinski definition) is 3. The van der Waals surface area contributed by atoms with E-state index in [9.17, 15) is 8.78 Å². The van der Waals surface area contributed by atoms with Gasteiger partial charge in [-0.2, -0.15) is 0 Å². The molecule has 4 nitrogen and oxygen atoms in total. The lowest BCUT2D eigenvalue weighted by Crippen LogP contribution is -2.33. The Morgan fingerprint density at radius 3 is 2.96 bits per heavy atom. The van der Waals surface area contributed by atoms with Crippen LogP contribution in [-0.4, -0.2) is 32.1 Å². The van der Waals surface area contributed by atoms with Gasteiger partial charge >= 0.3 is 0 Å². The Hall–Kier alpha value is -2.15. The van der Waals surface area contributed by atoms with Crippen molar-refractivity contribution in [3.63, 3.8) is 0 Å². The lowest BCUT2D eigenvalue weighted by Gasteiger charge is -2.18. The molecule has 7 heteroatoms. The summed E-state index contributed by atoms with van der Waals surface area (Å²) in [5.74, 6) is -0.794. The van der Waals surface area contributed by atoms with Crippen molar-refractivity contribution in [1.82, 2.24) is 5.32 Å². The fourth-order valence-electron chi connectivity index (χ4n) is 2.95. The van der Waals surface area contributed by atoms with Gasteiger partial charge in [-0.25, -0.2) is 8.78 Å². The average molecular weight is 364 g/mol. The molecule has 1 fully saturated rings. The van der Waals surface area contributed by atoms with E-state index in [0.29, 0.717) is 24.1 Å². The Morgan fingerprint density at radius 2 is 2.20 bits per heavy atom. The van der Waals surface area contributed by atoms with Gasteiger partial charge in [0.1, 0.15) is 0 Å². The van der Waals surface area contributed by atoms with Crippen LogP contribution in [-0.2, 0) is 6.42 Å². The minimum absolute atomic E-state index is 0.366. The van der Waals surface area contributed by atoms with Crippen LogP contribution in [0.15, 0.2) is 40.7 Å². The molecule has 1 aromatic carbocycles. The zero-order valence-electron chi connectivity index (χ0n) is 13.9. The highest BCUT2D eigenvalue weighted by Gasteiger charge is 2.23. The Balaban J connectivity index is 1.43. The molecule has 2 aromatic rings. The molecule has 1 aliphatic heterocycles. The van der Waals surface area contributed by atoms with Gasteiger partial charge in [-0.05, 0) is 42.3 Å². The van der Waals surface area contributed by atoms with E-state index in [1.165, 1.54) is 17.0 Å². The second-order valence-corrected chi connectivity index (χ2v) is 7.21. The van der Waals surface area contributed by atoms with Gasteiger partial charge in [0, 0.05) is 42.8 Å². The number of nitrogens with one attached hydrogen (secondary N) is 1. The minimum atomic E-state index is -0.814. The smallest absolute Gasteiger partial charge is 0.188 e. The summed E-state index contributed by atoms with van der Waals surface area (Å²) in [5.41, 5.74) is 6.63. The highest BCUT2D eigenvalue weighted by molar-refractivity contribution is 7.09. The van der Waals surface area contributed by atoms with E-state index >= 15 is 0 Å². The van der Waals surface area contributed by atoms with Crippen LogP contribution < -0.4 is 16.0 Å². The predicted octanol–water partition coefficient (Wildman–Crippen LogP) is 3.00. The van der Waals surface area contributed by atoms with Crippen LogP contribution in [0.2, 0.25) is 0 Å². The standard InChI is InChI=1S/C18H22F2N4S/c19-16-4-3-14(10-17(16)20)24-8-6-13(12-24)11-23-18(21)22-7-5-15-2-1-9-25-15/h1-4,9-10,13H,5-8,11-12H2,(H3,21,22,23). The predicted molar refractivity (Wildman–Crippen MR) is 99.2 cm³/mol. The van der Waals surface area contributed by atoms with E-state index in [4.69, 9.17) is 5.73 Å². The van der Waals surface area contributed by atoms with E-state index in [1.807, 2.05) is 6.07 Å².